The van der Waals surface area contributed by atoms with Gasteiger partial charge >= 0.3 is 11.9 Å². The van der Waals surface area contributed by atoms with Gasteiger partial charge in [-0.25, -0.2) is 4.79 Å². The SMILES string of the molecule is CC(=O)O[C@H]1[C@H]2C[C@H]2[C@H]2[C@@H]3[C@@H](O)[C@H]4O[C@]45C[C@@H](OC(=O)c4ccccc4)CC[C@]5(C)[C@H]3CC[C@@]21C. The van der Waals surface area contributed by atoms with Crippen molar-refractivity contribution in [2.75, 3.05) is 0 Å². The number of aliphatic hydroxyl groups is 1. The number of epoxide rings is 1. The fourth-order valence-electron chi connectivity index (χ4n) is 9.81. The van der Waals surface area contributed by atoms with Crippen LogP contribution in [0.15, 0.2) is 30.3 Å². The first-order valence-electron chi connectivity index (χ1n) is 13.5. The van der Waals surface area contributed by atoms with Crippen molar-refractivity contribution in [2.45, 2.75) is 89.3 Å². The first-order chi connectivity index (χ1) is 16.7. The second-order valence-corrected chi connectivity index (χ2v) is 12.8. The van der Waals surface area contributed by atoms with Crippen LogP contribution >= 0.6 is 0 Å². The normalized spacial score (nSPS) is 52.6. The summed E-state index contributed by atoms with van der Waals surface area (Å²) in [7, 11) is 0. The van der Waals surface area contributed by atoms with Crippen LogP contribution in [0.1, 0.15) is 69.7 Å². The third-order valence-corrected chi connectivity index (χ3v) is 11.3. The quantitative estimate of drug-likeness (QED) is 0.517. The van der Waals surface area contributed by atoms with Gasteiger partial charge in [0.05, 0.1) is 11.7 Å². The van der Waals surface area contributed by atoms with Crippen LogP contribution < -0.4 is 0 Å². The summed E-state index contributed by atoms with van der Waals surface area (Å²) >= 11 is 0. The van der Waals surface area contributed by atoms with Crippen molar-refractivity contribution in [1.82, 2.24) is 0 Å². The Balaban J connectivity index is 1.14. The maximum atomic E-state index is 12.7. The summed E-state index contributed by atoms with van der Waals surface area (Å²) in [4.78, 5) is 24.6. The predicted molar refractivity (Wildman–Crippen MR) is 126 cm³/mol. The highest BCUT2D eigenvalue weighted by Gasteiger charge is 2.82. The van der Waals surface area contributed by atoms with E-state index >= 15 is 0 Å². The van der Waals surface area contributed by atoms with Gasteiger partial charge in [-0.15, -0.1) is 0 Å². The van der Waals surface area contributed by atoms with E-state index in [1.807, 2.05) is 18.2 Å². The fraction of sp³-hybridized carbons (Fsp3) is 0.724. The molecule has 12 atom stereocenters. The zero-order chi connectivity index (χ0) is 24.3. The Morgan fingerprint density at radius 1 is 1.06 bits per heavy atom. The molecular weight excluding hydrogens is 444 g/mol. The molecule has 1 spiro atoms. The third kappa shape index (κ3) is 2.84. The summed E-state index contributed by atoms with van der Waals surface area (Å²) in [5.41, 5.74) is 0.0692. The van der Waals surface area contributed by atoms with Crippen LogP contribution in [-0.2, 0) is 19.0 Å². The standard InChI is InChI=1S/C29H36O6/c1-15(30)33-24-19-13-18(19)22-21-20(10-11-27(22,24)2)28(3)12-9-17(14-29(28)25(35-29)23(21)31)34-26(32)16-7-5-4-6-8-16/h4-8,17-25,31H,9-14H2,1-3H3/t17-,18+,19-,20-,21+,22-,23+,24-,25+,27-,28+,29+/m0/s1. The van der Waals surface area contributed by atoms with E-state index in [9.17, 15) is 14.7 Å². The number of ether oxygens (including phenoxy) is 3. The maximum Gasteiger partial charge on any atom is 0.338 e. The van der Waals surface area contributed by atoms with Gasteiger partial charge in [0.1, 0.15) is 23.9 Å². The zero-order valence-corrected chi connectivity index (χ0v) is 20.8. The molecule has 0 bridgehead atoms. The van der Waals surface area contributed by atoms with Gasteiger partial charge in [-0.05, 0) is 73.8 Å². The largest absolute Gasteiger partial charge is 0.462 e. The number of benzene rings is 1. The molecule has 6 fully saturated rings. The molecule has 6 heteroatoms. The number of aliphatic hydroxyl groups excluding tert-OH is 1. The van der Waals surface area contributed by atoms with Gasteiger partial charge in [0.25, 0.3) is 0 Å². The van der Waals surface area contributed by atoms with Crippen molar-refractivity contribution in [2.24, 2.45) is 40.4 Å². The Bertz CT molecular complexity index is 1070. The number of fused-ring (bicyclic) bond motifs is 6. The second-order valence-electron chi connectivity index (χ2n) is 12.8. The van der Waals surface area contributed by atoms with Crippen molar-refractivity contribution in [1.29, 1.82) is 0 Å². The van der Waals surface area contributed by atoms with Crippen LogP contribution in [0.2, 0.25) is 0 Å². The van der Waals surface area contributed by atoms with Crippen molar-refractivity contribution in [3.05, 3.63) is 35.9 Å². The van der Waals surface area contributed by atoms with E-state index < -0.39 is 11.7 Å². The lowest BCUT2D eigenvalue weighted by Crippen LogP contribution is -2.64. The molecule has 5 aliphatic carbocycles. The van der Waals surface area contributed by atoms with Gasteiger partial charge in [0.2, 0.25) is 0 Å². The minimum absolute atomic E-state index is 0.0177. The summed E-state index contributed by atoms with van der Waals surface area (Å²) in [6, 6.07) is 9.16. The molecule has 0 aromatic heterocycles. The lowest BCUT2D eigenvalue weighted by molar-refractivity contribution is -0.177. The monoisotopic (exact) mass is 480 g/mol. The van der Waals surface area contributed by atoms with Crippen LogP contribution in [0.5, 0.6) is 0 Å². The molecule has 6 aliphatic rings. The Kier molecular flexibility index (Phi) is 4.52. The first-order valence-corrected chi connectivity index (χ1v) is 13.5. The summed E-state index contributed by atoms with van der Waals surface area (Å²) < 4.78 is 18.3. The average Bonchev–Trinajstić information content (AvgIpc) is 3.74. The summed E-state index contributed by atoms with van der Waals surface area (Å²) in [6.07, 6.45) is 4.68. The highest BCUT2D eigenvalue weighted by atomic mass is 16.6. The predicted octanol–water partition coefficient (Wildman–Crippen LogP) is 4.14. The molecule has 1 aromatic carbocycles. The van der Waals surface area contributed by atoms with Crippen molar-refractivity contribution in [3.8, 4) is 0 Å². The molecule has 0 amide bonds. The summed E-state index contributed by atoms with van der Waals surface area (Å²) in [6.45, 7) is 6.20. The Hall–Kier alpha value is -1.92. The van der Waals surface area contributed by atoms with Crippen LogP contribution in [0.3, 0.4) is 0 Å². The fourth-order valence-corrected chi connectivity index (χ4v) is 9.81. The van der Waals surface area contributed by atoms with Crippen LogP contribution in [-0.4, -0.2) is 47.1 Å². The third-order valence-electron chi connectivity index (χ3n) is 11.3. The van der Waals surface area contributed by atoms with Crippen LogP contribution in [0, 0.1) is 40.4 Å². The maximum absolute atomic E-state index is 12.7. The van der Waals surface area contributed by atoms with E-state index in [1.54, 1.807) is 12.1 Å². The smallest absolute Gasteiger partial charge is 0.338 e. The molecule has 0 radical (unpaired) electrons. The van der Waals surface area contributed by atoms with Crippen molar-refractivity contribution in [3.63, 3.8) is 0 Å². The lowest BCUT2D eigenvalue weighted by atomic mass is 9.43. The van der Waals surface area contributed by atoms with Gasteiger partial charge in [-0.2, -0.15) is 0 Å². The molecule has 1 N–H and O–H groups in total. The molecule has 1 heterocycles. The number of carbonyl (C=O) groups excluding carboxylic acids is 2. The zero-order valence-electron chi connectivity index (χ0n) is 20.8. The summed E-state index contributed by atoms with van der Waals surface area (Å²) in [5.74, 6) is 1.46. The highest BCUT2D eigenvalue weighted by molar-refractivity contribution is 5.89. The molecule has 188 valence electrons. The lowest BCUT2D eigenvalue weighted by Gasteiger charge is -2.60. The van der Waals surface area contributed by atoms with Crippen LogP contribution in [0.25, 0.3) is 0 Å². The number of hydrogen-bond donors (Lipinski definition) is 1. The molecule has 6 nitrogen and oxygen atoms in total. The van der Waals surface area contributed by atoms with E-state index in [0.29, 0.717) is 35.7 Å². The molecule has 35 heavy (non-hydrogen) atoms. The molecule has 7 rings (SSSR count). The van der Waals surface area contributed by atoms with E-state index in [2.05, 4.69) is 13.8 Å². The average molecular weight is 481 g/mol. The highest BCUT2D eigenvalue weighted by Crippen LogP contribution is 2.77. The van der Waals surface area contributed by atoms with E-state index in [0.717, 1.165) is 32.1 Å². The van der Waals surface area contributed by atoms with Gasteiger partial charge in [-0.3, -0.25) is 4.79 Å². The van der Waals surface area contributed by atoms with Gasteiger partial charge < -0.3 is 19.3 Å². The molecule has 1 aromatic rings. The number of rotatable bonds is 3. The van der Waals surface area contributed by atoms with E-state index in [1.165, 1.54) is 6.92 Å². The topological polar surface area (TPSA) is 85.4 Å². The van der Waals surface area contributed by atoms with Gasteiger partial charge in [-0.1, -0.05) is 32.0 Å². The minimum atomic E-state index is -0.515. The van der Waals surface area contributed by atoms with Crippen molar-refractivity contribution < 1.29 is 28.9 Å². The number of hydrogen-bond acceptors (Lipinski definition) is 6. The second kappa shape index (κ2) is 7.10. The number of esters is 2. The van der Waals surface area contributed by atoms with E-state index in [4.69, 9.17) is 14.2 Å². The van der Waals surface area contributed by atoms with Crippen molar-refractivity contribution >= 4 is 11.9 Å². The molecule has 1 saturated heterocycles. The Labute approximate surface area is 206 Å². The molecule has 0 unspecified atom stereocenters. The first kappa shape index (κ1) is 22.3. The Morgan fingerprint density at radius 3 is 2.57 bits per heavy atom. The molecule has 1 aliphatic heterocycles. The Morgan fingerprint density at radius 2 is 1.83 bits per heavy atom. The minimum Gasteiger partial charge on any atom is -0.462 e. The van der Waals surface area contributed by atoms with Crippen LogP contribution in [0.4, 0.5) is 0 Å². The summed E-state index contributed by atoms with van der Waals surface area (Å²) in [5, 5.41) is 11.7. The van der Waals surface area contributed by atoms with Gasteiger partial charge in [0.15, 0.2) is 0 Å². The number of carbonyl (C=O) groups is 2. The van der Waals surface area contributed by atoms with Gasteiger partial charge in [0, 0.05) is 24.2 Å². The molecular formula is C29H36O6. The van der Waals surface area contributed by atoms with E-state index in [-0.39, 0.29) is 47.0 Å². The molecule has 5 saturated carbocycles.